The highest BCUT2D eigenvalue weighted by atomic mass is 16.5. The number of ether oxygens (including phenoxy) is 2. The van der Waals surface area contributed by atoms with Gasteiger partial charge in [-0.15, -0.1) is 0 Å². The predicted octanol–water partition coefficient (Wildman–Crippen LogP) is 3.83. The highest BCUT2D eigenvalue weighted by Gasteiger charge is 2.43. The zero-order chi connectivity index (χ0) is 18.7. The zero-order valence-corrected chi connectivity index (χ0v) is 15.6. The molecule has 3 rings (SSSR count). The number of carbonyl (C=O) groups is 2. The third-order valence-corrected chi connectivity index (χ3v) is 4.95. The number of hydrogen-bond acceptors (Lipinski definition) is 5. The van der Waals surface area contributed by atoms with Crippen LogP contribution in [-0.4, -0.2) is 30.7 Å². The van der Waals surface area contributed by atoms with Crippen molar-refractivity contribution in [3.63, 3.8) is 0 Å². The summed E-state index contributed by atoms with van der Waals surface area (Å²) in [4.78, 5) is 30.0. The molecular weight excluding hydrogens is 330 g/mol. The standard InChI is InChI=1S/C21H25NO4/c1-4-25-15-11-9-14(10-12-15)19-18(21(24)26-5-2)13(3)22-16-7-6-8-17(23)20(16)19/h9-12,19-20H,4-8H2,1-3H3. The maximum Gasteiger partial charge on any atom is 0.336 e. The Morgan fingerprint density at radius 3 is 2.50 bits per heavy atom. The van der Waals surface area contributed by atoms with Crippen LogP contribution >= 0.6 is 0 Å². The van der Waals surface area contributed by atoms with E-state index < -0.39 is 0 Å². The van der Waals surface area contributed by atoms with Crippen molar-refractivity contribution in [2.24, 2.45) is 10.9 Å². The Balaban J connectivity index is 2.07. The third-order valence-electron chi connectivity index (χ3n) is 4.95. The van der Waals surface area contributed by atoms with Crippen LogP contribution in [0.3, 0.4) is 0 Å². The topological polar surface area (TPSA) is 65.0 Å². The van der Waals surface area contributed by atoms with Gasteiger partial charge in [0.2, 0.25) is 0 Å². The van der Waals surface area contributed by atoms with Crippen LogP contribution < -0.4 is 4.74 Å². The molecule has 138 valence electrons. The summed E-state index contributed by atoms with van der Waals surface area (Å²) in [6.45, 7) is 6.43. The Labute approximate surface area is 154 Å². The number of carbonyl (C=O) groups excluding carboxylic acids is 2. The van der Waals surface area contributed by atoms with Crippen LogP contribution in [0.15, 0.2) is 40.5 Å². The molecule has 1 aliphatic heterocycles. The Morgan fingerprint density at radius 2 is 1.85 bits per heavy atom. The lowest BCUT2D eigenvalue weighted by molar-refractivity contribution is -0.139. The third kappa shape index (κ3) is 3.43. The molecule has 26 heavy (non-hydrogen) atoms. The molecular formula is C21H25NO4. The summed E-state index contributed by atoms with van der Waals surface area (Å²) in [5.41, 5.74) is 2.97. The van der Waals surface area contributed by atoms with Gasteiger partial charge in [-0.2, -0.15) is 0 Å². The molecule has 1 aromatic rings. The van der Waals surface area contributed by atoms with Crippen LogP contribution in [-0.2, 0) is 14.3 Å². The van der Waals surface area contributed by atoms with E-state index in [9.17, 15) is 9.59 Å². The summed E-state index contributed by atoms with van der Waals surface area (Å²) >= 11 is 0. The number of esters is 1. The van der Waals surface area contributed by atoms with Crippen molar-refractivity contribution in [3.8, 4) is 5.75 Å². The van der Waals surface area contributed by atoms with Gasteiger partial charge >= 0.3 is 5.97 Å². The normalized spacial score (nSPS) is 22.6. The average molecular weight is 355 g/mol. The van der Waals surface area contributed by atoms with Crippen molar-refractivity contribution in [1.29, 1.82) is 0 Å². The van der Waals surface area contributed by atoms with Crippen LogP contribution in [0.1, 0.15) is 51.5 Å². The van der Waals surface area contributed by atoms with E-state index in [1.54, 1.807) is 6.92 Å². The van der Waals surface area contributed by atoms with E-state index in [4.69, 9.17) is 9.47 Å². The first-order valence-corrected chi connectivity index (χ1v) is 9.27. The van der Waals surface area contributed by atoms with Gasteiger partial charge in [0.15, 0.2) is 0 Å². The van der Waals surface area contributed by atoms with E-state index in [2.05, 4.69) is 4.99 Å². The number of Topliss-reactive ketones (excluding diaryl/α,β-unsaturated/α-hetero) is 1. The predicted molar refractivity (Wildman–Crippen MR) is 99.5 cm³/mol. The Hall–Kier alpha value is -2.43. The van der Waals surface area contributed by atoms with Gasteiger partial charge in [-0.3, -0.25) is 9.79 Å². The minimum absolute atomic E-state index is 0.156. The highest BCUT2D eigenvalue weighted by molar-refractivity contribution is 6.11. The summed E-state index contributed by atoms with van der Waals surface area (Å²) in [5.74, 6) is -0.169. The Morgan fingerprint density at radius 1 is 1.12 bits per heavy atom. The molecule has 2 atom stereocenters. The fourth-order valence-corrected chi connectivity index (χ4v) is 3.89. The number of fused-ring (bicyclic) bond motifs is 1. The molecule has 1 heterocycles. The lowest BCUT2D eigenvalue weighted by Gasteiger charge is -2.35. The van der Waals surface area contributed by atoms with Gasteiger partial charge in [0.05, 0.1) is 24.7 Å². The van der Waals surface area contributed by atoms with Crippen LogP contribution in [0.2, 0.25) is 0 Å². The second-order valence-electron chi connectivity index (χ2n) is 6.60. The van der Waals surface area contributed by atoms with E-state index in [-0.39, 0.29) is 23.6 Å². The molecule has 0 aromatic heterocycles. The van der Waals surface area contributed by atoms with Crippen LogP contribution in [0.5, 0.6) is 5.75 Å². The van der Waals surface area contributed by atoms with Crippen molar-refractivity contribution in [1.82, 2.24) is 0 Å². The molecule has 0 bridgehead atoms. The summed E-state index contributed by atoms with van der Waals surface area (Å²) in [7, 11) is 0. The number of allylic oxidation sites excluding steroid dienone is 1. The fourth-order valence-electron chi connectivity index (χ4n) is 3.89. The quantitative estimate of drug-likeness (QED) is 0.753. The number of ketones is 1. The van der Waals surface area contributed by atoms with Gasteiger partial charge < -0.3 is 9.47 Å². The highest BCUT2D eigenvalue weighted by Crippen LogP contribution is 2.43. The molecule has 0 radical (unpaired) electrons. The van der Waals surface area contributed by atoms with Gasteiger partial charge in [-0.05, 0) is 51.3 Å². The molecule has 5 nitrogen and oxygen atoms in total. The lowest BCUT2D eigenvalue weighted by Crippen LogP contribution is -2.39. The maximum absolute atomic E-state index is 12.7. The zero-order valence-electron chi connectivity index (χ0n) is 15.6. The van der Waals surface area contributed by atoms with Crippen molar-refractivity contribution in [2.45, 2.75) is 46.0 Å². The van der Waals surface area contributed by atoms with E-state index in [1.807, 2.05) is 38.1 Å². The molecule has 0 amide bonds. The molecule has 1 fully saturated rings. The van der Waals surface area contributed by atoms with Crippen molar-refractivity contribution in [3.05, 3.63) is 41.1 Å². The SMILES string of the molecule is CCOC(=O)C1=C(C)N=C2CCCC(=O)C2C1c1ccc(OCC)cc1. The van der Waals surface area contributed by atoms with Gasteiger partial charge in [0.1, 0.15) is 11.5 Å². The van der Waals surface area contributed by atoms with Crippen LogP contribution in [0, 0.1) is 5.92 Å². The molecule has 0 N–H and O–H groups in total. The lowest BCUT2D eigenvalue weighted by atomic mass is 9.69. The van der Waals surface area contributed by atoms with Crippen LogP contribution in [0.4, 0.5) is 0 Å². The molecule has 1 aromatic carbocycles. The monoisotopic (exact) mass is 355 g/mol. The number of nitrogens with zero attached hydrogens (tertiary/aromatic N) is 1. The second-order valence-corrected chi connectivity index (χ2v) is 6.60. The summed E-state index contributed by atoms with van der Waals surface area (Å²) < 4.78 is 10.8. The first-order chi connectivity index (χ1) is 12.6. The van der Waals surface area contributed by atoms with Crippen molar-refractivity contribution < 1.29 is 19.1 Å². The molecule has 1 aliphatic carbocycles. The Kier molecular flexibility index (Phi) is 5.55. The second kappa shape index (κ2) is 7.85. The van der Waals surface area contributed by atoms with E-state index in [1.165, 1.54) is 0 Å². The first-order valence-electron chi connectivity index (χ1n) is 9.27. The molecule has 5 heteroatoms. The number of benzene rings is 1. The summed E-state index contributed by atoms with van der Waals surface area (Å²) in [6.07, 6.45) is 2.16. The Bertz CT molecular complexity index is 761. The molecule has 0 spiro atoms. The summed E-state index contributed by atoms with van der Waals surface area (Å²) in [6, 6.07) is 7.64. The van der Waals surface area contributed by atoms with Gasteiger partial charge in [-0.1, -0.05) is 12.1 Å². The molecule has 0 saturated heterocycles. The number of rotatable bonds is 5. The van der Waals surface area contributed by atoms with E-state index in [0.29, 0.717) is 30.9 Å². The summed E-state index contributed by atoms with van der Waals surface area (Å²) in [5, 5.41) is 0. The maximum atomic E-state index is 12.7. The van der Waals surface area contributed by atoms with Gasteiger partial charge in [0.25, 0.3) is 0 Å². The molecule has 2 unspecified atom stereocenters. The van der Waals surface area contributed by atoms with Gasteiger partial charge in [0, 0.05) is 23.7 Å². The van der Waals surface area contributed by atoms with E-state index in [0.717, 1.165) is 29.9 Å². The van der Waals surface area contributed by atoms with Crippen molar-refractivity contribution >= 4 is 17.5 Å². The molecule has 1 saturated carbocycles. The van der Waals surface area contributed by atoms with Crippen LogP contribution in [0.25, 0.3) is 0 Å². The first kappa shape index (κ1) is 18.4. The molecule has 2 aliphatic rings. The van der Waals surface area contributed by atoms with E-state index >= 15 is 0 Å². The average Bonchev–Trinajstić information content (AvgIpc) is 2.62. The fraction of sp³-hybridized carbons (Fsp3) is 0.476. The largest absolute Gasteiger partial charge is 0.494 e. The number of aliphatic imine (C=N–C) groups is 1. The van der Waals surface area contributed by atoms with Gasteiger partial charge in [-0.25, -0.2) is 4.79 Å². The minimum Gasteiger partial charge on any atom is -0.494 e. The number of hydrogen-bond donors (Lipinski definition) is 0. The smallest absolute Gasteiger partial charge is 0.336 e. The van der Waals surface area contributed by atoms with Crippen molar-refractivity contribution in [2.75, 3.05) is 13.2 Å². The minimum atomic E-state index is -0.384.